The molecular formula is C15H19NOS. The SMILES string of the molecule is CCSCCCNc1cccc2c(O)cccc12. The quantitative estimate of drug-likeness (QED) is 0.768. The van der Waals surface area contributed by atoms with Crippen molar-refractivity contribution in [3.63, 3.8) is 0 Å². The fraction of sp³-hybridized carbons (Fsp3) is 0.333. The first-order chi connectivity index (χ1) is 8.83. The first-order valence-corrected chi connectivity index (χ1v) is 7.50. The van der Waals surface area contributed by atoms with Crippen molar-refractivity contribution in [1.82, 2.24) is 0 Å². The second kappa shape index (κ2) is 6.55. The molecule has 0 radical (unpaired) electrons. The molecular weight excluding hydrogens is 242 g/mol. The van der Waals surface area contributed by atoms with E-state index in [1.54, 1.807) is 6.07 Å². The van der Waals surface area contributed by atoms with Crippen LogP contribution in [0.15, 0.2) is 36.4 Å². The van der Waals surface area contributed by atoms with E-state index >= 15 is 0 Å². The van der Waals surface area contributed by atoms with Crippen LogP contribution in [-0.4, -0.2) is 23.2 Å². The molecule has 0 atom stereocenters. The van der Waals surface area contributed by atoms with Gasteiger partial charge in [-0.3, -0.25) is 0 Å². The molecule has 0 aliphatic carbocycles. The number of thioether (sulfide) groups is 1. The molecule has 0 saturated heterocycles. The summed E-state index contributed by atoms with van der Waals surface area (Å²) >= 11 is 1.97. The highest BCUT2D eigenvalue weighted by Gasteiger charge is 2.02. The van der Waals surface area contributed by atoms with Crippen LogP contribution in [0.5, 0.6) is 5.75 Å². The van der Waals surface area contributed by atoms with Crippen LogP contribution >= 0.6 is 11.8 Å². The van der Waals surface area contributed by atoms with Gasteiger partial charge in [0.15, 0.2) is 0 Å². The van der Waals surface area contributed by atoms with E-state index in [1.165, 1.54) is 11.5 Å². The van der Waals surface area contributed by atoms with E-state index in [0.29, 0.717) is 5.75 Å². The summed E-state index contributed by atoms with van der Waals surface area (Å²) in [7, 11) is 0. The maximum Gasteiger partial charge on any atom is 0.123 e. The molecule has 0 bridgehead atoms. The molecule has 0 aromatic heterocycles. The third-order valence-electron chi connectivity index (χ3n) is 2.88. The van der Waals surface area contributed by atoms with Gasteiger partial charge in [-0.05, 0) is 30.1 Å². The second-order valence-electron chi connectivity index (χ2n) is 4.16. The Balaban J connectivity index is 2.07. The number of hydrogen-bond donors (Lipinski definition) is 2. The van der Waals surface area contributed by atoms with Gasteiger partial charge in [0, 0.05) is 23.0 Å². The van der Waals surface area contributed by atoms with Gasteiger partial charge in [-0.2, -0.15) is 11.8 Å². The minimum atomic E-state index is 0.345. The number of phenols is 1. The zero-order chi connectivity index (χ0) is 12.8. The van der Waals surface area contributed by atoms with E-state index in [0.717, 1.165) is 29.4 Å². The van der Waals surface area contributed by atoms with E-state index in [4.69, 9.17) is 0 Å². The Morgan fingerprint density at radius 3 is 2.72 bits per heavy atom. The largest absolute Gasteiger partial charge is 0.507 e. The van der Waals surface area contributed by atoms with Gasteiger partial charge in [0.05, 0.1) is 0 Å². The van der Waals surface area contributed by atoms with Gasteiger partial charge in [-0.25, -0.2) is 0 Å². The van der Waals surface area contributed by atoms with Crippen LogP contribution in [-0.2, 0) is 0 Å². The van der Waals surface area contributed by atoms with Crippen LogP contribution < -0.4 is 5.32 Å². The summed E-state index contributed by atoms with van der Waals surface area (Å²) in [4.78, 5) is 0. The third-order valence-corrected chi connectivity index (χ3v) is 3.87. The van der Waals surface area contributed by atoms with Crippen molar-refractivity contribution in [3.8, 4) is 5.75 Å². The number of nitrogens with one attached hydrogen (secondary N) is 1. The highest BCUT2D eigenvalue weighted by atomic mass is 32.2. The Labute approximate surface area is 112 Å². The fourth-order valence-electron chi connectivity index (χ4n) is 1.99. The number of anilines is 1. The number of fused-ring (bicyclic) bond motifs is 1. The van der Waals surface area contributed by atoms with Crippen molar-refractivity contribution >= 4 is 28.2 Å². The first kappa shape index (κ1) is 13.1. The van der Waals surface area contributed by atoms with Crippen molar-refractivity contribution in [3.05, 3.63) is 36.4 Å². The molecule has 0 saturated carbocycles. The predicted molar refractivity (Wildman–Crippen MR) is 81.7 cm³/mol. The normalized spacial score (nSPS) is 10.7. The van der Waals surface area contributed by atoms with Crippen molar-refractivity contribution in [2.45, 2.75) is 13.3 Å². The Kier molecular flexibility index (Phi) is 4.76. The highest BCUT2D eigenvalue weighted by Crippen LogP contribution is 2.29. The molecule has 0 heterocycles. The molecule has 2 N–H and O–H groups in total. The Morgan fingerprint density at radius 1 is 1.11 bits per heavy atom. The number of phenolic OH excluding ortho intramolecular Hbond substituents is 1. The van der Waals surface area contributed by atoms with Crippen LogP contribution in [0, 0.1) is 0 Å². The van der Waals surface area contributed by atoms with Crippen molar-refractivity contribution in [2.24, 2.45) is 0 Å². The van der Waals surface area contributed by atoms with E-state index in [2.05, 4.69) is 18.3 Å². The summed E-state index contributed by atoms with van der Waals surface area (Å²) in [6, 6.07) is 11.6. The summed E-state index contributed by atoms with van der Waals surface area (Å²) in [5.74, 6) is 2.72. The number of hydrogen-bond acceptors (Lipinski definition) is 3. The summed E-state index contributed by atoms with van der Waals surface area (Å²) in [5.41, 5.74) is 1.10. The summed E-state index contributed by atoms with van der Waals surface area (Å²) in [5, 5.41) is 15.2. The molecule has 2 nitrogen and oxygen atoms in total. The van der Waals surface area contributed by atoms with Crippen molar-refractivity contribution in [2.75, 3.05) is 23.4 Å². The lowest BCUT2D eigenvalue weighted by Gasteiger charge is -2.10. The standard InChI is InChI=1S/C15H19NOS/c1-2-18-11-5-10-16-14-8-3-7-13-12(14)6-4-9-15(13)17/h3-4,6-9,16-17H,2,5,10-11H2,1H3. The summed E-state index contributed by atoms with van der Waals surface area (Å²) < 4.78 is 0. The zero-order valence-electron chi connectivity index (χ0n) is 10.6. The summed E-state index contributed by atoms with van der Waals surface area (Å²) in [6.07, 6.45) is 1.16. The number of aromatic hydroxyl groups is 1. The van der Waals surface area contributed by atoms with Crippen molar-refractivity contribution < 1.29 is 5.11 Å². The molecule has 0 fully saturated rings. The fourth-order valence-corrected chi connectivity index (χ4v) is 2.63. The lowest BCUT2D eigenvalue weighted by molar-refractivity contribution is 0.481. The van der Waals surface area contributed by atoms with Gasteiger partial charge in [0.2, 0.25) is 0 Å². The van der Waals surface area contributed by atoms with Gasteiger partial charge >= 0.3 is 0 Å². The Bertz CT molecular complexity index is 513. The average Bonchev–Trinajstić information content (AvgIpc) is 2.39. The van der Waals surface area contributed by atoms with Gasteiger partial charge in [0.25, 0.3) is 0 Å². The van der Waals surface area contributed by atoms with Gasteiger partial charge in [-0.15, -0.1) is 0 Å². The molecule has 2 rings (SSSR count). The summed E-state index contributed by atoms with van der Waals surface area (Å²) in [6.45, 7) is 3.16. The minimum Gasteiger partial charge on any atom is -0.507 e. The smallest absolute Gasteiger partial charge is 0.123 e. The Hall–Kier alpha value is -1.35. The van der Waals surface area contributed by atoms with E-state index < -0.39 is 0 Å². The van der Waals surface area contributed by atoms with Crippen molar-refractivity contribution in [1.29, 1.82) is 0 Å². The molecule has 0 amide bonds. The maximum atomic E-state index is 9.81. The lowest BCUT2D eigenvalue weighted by Crippen LogP contribution is -2.03. The van der Waals surface area contributed by atoms with Crippen LogP contribution in [0.4, 0.5) is 5.69 Å². The molecule has 0 aliphatic heterocycles. The van der Waals surface area contributed by atoms with Gasteiger partial charge in [0.1, 0.15) is 5.75 Å². The van der Waals surface area contributed by atoms with E-state index in [1.807, 2.05) is 36.0 Å². The molecule has 2 aromatic carbocycles. The minimum absolute atomic E-state index is 0.345. The van der Waals surface area contributed by atoms with Gasteiger partial charge in [-0.1, -0.05) is 31.2 Å². The van der Waals surface area contributed by atoms with Gasteiger partial charge < -0.3 is 10.4 Å². The lowest BCUT2D eigenvalue weighted by atomic mass is 10.1. The number of rotatable bonds is 6. The highest BCUT2D eigenvalue weighted by molar-refractivity contribution is 7.99. The predicted octanol–water partition coefficient (Wildman–Crippen LogP) is 4.10. The topological polar surface area (TPSA) is 32.3 Å². The molecule has 2 aromatic rings. The molecule has 0 aliphatic rings. The van der Waals surface area contributed by atoms with Crippen LogP contribution in [0.3, 0.4) is 0 Å². The number of benzene rings is 2. The van der Waals surface area contributed by atoms with Crippen LogP contribution in [0.25, 0.3) is 10.8 Å². The molecule has 18 heavy (non-hydrogen) atoms. The molecule has 96 valence electrons. The molecule has 0 spiro atoms. The van der Waals surface area contributed by atoms with E-state index in [9.17, 15) is 5.11 Å². The second-order valence-corrected chi connectivity index (χ2v) is 5.55. The third kappa shape index (κ3) is 3.10. The average molecular weight is 261 g/mol. The van der Waals surface area contributed by atoms with E-state index in [-0.39, 0.29) is 0 Å². The maximum absolute atomic E-state index is 9.81. The van der Waals surface area contributed by atoms with Crippen LogP contribution in [0.1, 0.15) is 13.3 Å². The zero-order valence-corrected chi connectivity index (χ0v) is 11.5. The molecule has 3 heteroatoms. The van der Waals surface area contributed by atoms with Crippen LogP contribution in [0.2, 0.25) is 0 Å². The Morgan fingerprint density at radius 2 is 1.89 bits per heavy atom. The molecule has 0 unspecified atom stereocenters. The monoisotopic (exact) mass is 261 g/mol. The first-order valence-electron chi connectivity index (χ1n) is 6.35.